The van der Waals surface area contributed by atoms with Crippen molar-refractivity contribution in [2.24, 2.45) is 23.2 Å². The highest BCUT2D eigenvalue weighted by molar-refractivity contribution is 5.81. The van der Waals surface area contributed by atoms with E-state index in [9.17, 15) is 9.90 Å². The molecule has 1 aliphatic heterocycles. The van der Waals surface area contributed by atoms with E-state index in [4.69, 9.17) is 4.74 Å². The van der Waals surface area contributed by atoms with E-state index in [0.29, 0.717) is 0 Å². The molecule has 4 bridgehead atoms. The smallest absolute Gasteiger partial charge is 0.328 e. The standard InChI is InChI=1S/C18H27NO3/c20-17(21)8-16(12-19-1-3-22-4-2-19)18-9-13-5-14(10-18)7-15(6-13)11-18/h8,13-15H,1-7,9-12H2,(H,20,21)/b16-8-. The molecule has 1 heterocycles. The molecule has 4 heteroatoms. The van der Waals surface area contributed by atoms with Crippen LogP contribution in [0.3, 0.4) is 0 Å². The lowest BCUT2D eigenvalue weighted by Gasteiger charge is -2.58. The molecule has 0 amide bonds. The maximum Gasteiger partial charge on any atom is 0.328 e. The fraction of sp³-hybridized carbons (Fsp3) is 0.833. The molecule has 4 nitrogen and oxygen atoms in total. The first kappa shape index (κ1) is 14.7. The predicted octanol–water partition coefficient (Wildman–Crippen LogP) is 2.55. The Bertz CT molecular complexity index is 443. The molecule has 0 radical (unpaired) electrons. The van der Waals surface area contributed by atoms with Crippen LogP contribution in [0.1, 0.15) is 38.5 Å². The molecule has 5 rings (SSSR count). The SMILES string of the molecule is O=C(O)/C=C(/CN1CCOCC1)C12CC3CC(CC(C3)C1)C2. The third-order valence-corrected chi connectivity index (χ3v) is 6.51. The van der Waals surface area contributed by atoms with Crippen LogP contribution in [0.15, 0.2) is 11.6 Å². The van der Waals surface area contributed by atoms with Gasteiger partial charge in [-0.3, -0.25) is 4.90 Å². The molecule has 4 saturated carbocycles. The number of morpholine rings is 1. The monoisotopic (exact) mass is 305 g/mol. The molecule has 22 heavy (non-hydrogen) atoms. The van der Waals surface area contributed by atoms with E-state index in [1.54, 1.807) is 6.08 Å². The molecular weight excluding hydrogens is 278 g/mol. The number of hydrogen-bond acceptors (Lipinski definition) is 3. The van der Waals surface area contributed by atoms with Crippen LogP contribution in [0.2, 0.25) is 0 Å². The normalized spacial score (nSPS) is 41.8. The number of aliphatic carboxylic acids is 1. The molecular formula is C18H27NO3. The third-order valence-electron chi connectivity index (χ3n) is 6.51. The van der Waals surface area contributed by atoms with Gasteiger partial charge in [-0.05, 0) is 67.3 Å². The maximum atomic E-state index is 11.4. The first-order valence-electron chi connectivity index (χ1n) is 8.87. The molecule has 0 spiro atoms. The highest BCUT2D eigenvalue weighted by Gasteiger charge is 2.52. The number of carboxylic acid groups (broad SMARTS) is 1. The summed E-state index contributed by atoms with van der Waals surface area (Å²) in [5, 5.41) is 9.40. The Kier molecular flexibility index (Phi) is 3.77. The summed E-state index contributed by atoms with van der Waals surface area (Å²) in [6.45, 7) is 4.26. The molecule has 0 aromatic heterocycles. The summed E-state index contributed by atoms with van der Waals surface area (Å²) in [7, 11) is 0. The molecule has 4 aliphatic carbocycles. The lowest BCUT2D eigenvalue weighted by Crippen LogP contribution is -2.49. The van der Waals surface area contributed by atoms with Crippen LogP contribution in [0.4, 0.5) is 0 Å². The minimum absolute atomic E-state index is 0.200. The summed E-state index contributed by atoms with van der Waals surface area (Å²) in [6, 6.07) is 0. The van der Waals surface area contributed by atoms with Crippen LogP contribution >= 0.6 is 0 Å². The van der Waals surface area contributed by atoms with E-state index in [2.05, 4.69) is 4.90 Å². The van der Waals surface area contributed by atoms with Crippen molar-refractivity contribution in [3.05, 3.63) is 11.6 Å². The van der Waals surface area contributed by atoms with Crippen LogP contribution < -0.4 is 0 Å². The number of carbonyl (C=O) groups is 1. The van der Waals surface area contributed by atoms with Crippen molar-refractivity contribution in [1.82, 2.24) is 4.90 Å². The Hall–Kier alpha value is -0.870. The fourth-order valence-electron chi connectivity index (χ4n) is 6.02. The Morgan fingerprint density at radius 3 is 2.14 bits per heavy atom. The summed E-state index contributed by atoms with van der Waals surface area (Å²) in [5.41, 5.74) is 1.41. The minimum atomic E-state index is -0.765. The highest BCUT2D eigenvalue weighted by Crippen LogP contribution is 2.62. The number of carboxylic acids is 1. The molecule has 0 aromatic rings. The molecule has 0 aromatic carbocycles. The van der Waals surface area contributed by atoms with E-state index < -0.39 is 5.97 Å². The van der Waals surface area contributed by atoms with Gasteiger partial charge in [-0.2, -0.15) is 0 Å². The number of ether oxygens (including phenoxy) is 1. The van der Waals surface area contributed by atoms with Crippen LogP contribution in [-0.4, -0.2) is 48.8 Å². The van der Waals surface area contributed by atoms with Gasteiger partial charge in [-0.25, -0.2) is 4.79 Å². The largest absolute Gasteiger partial charge is 0.478 e. The maximum absolute atomic E-state index is 11.4. The van der Waals surface area contributed by atoms with Crippen LogP contribution in [0, 0.1) is 23.2 Å². The summed E-state index contributed by atoms with van der Waals surface area (Å²) in [6.07, 6.45) is 9.47. The van der Waals surface area contributed by atoms with E-state index in [1.807, 2.05) is 0 Å². The van der Waals surface area contributed by atoms with Gasteiger partial charge in [0.05, 0.1) is 13.2 Å². The highest BCUT2D eigenvalue weighted by atomic mass is 16.5. The van der Waals surface area contributed by atoms with Gasteiger partial charge in [0.15, 0.2) is 0 Å². The van der Waals surface area contributed by atoms with Gasteiger partial charge in [-0.1, -0.05) is 0 Å². The molecule has 5 fully saturated rings. The Labute approximate surface area is 132 Å². The minimum Gasteiger partial charge on any atom is -0.478 e. The zero-order valence-corrected chi connectivity index (χ0v) is 13.3. The third kappa shape index (κ3) is 2.71. The van der Waals surface area contributed by atoms with Gasteiger partial charge in [0.2, 0.25) is 0 Å². The number of rotatable bonds is 4. The zero-order valence-electron chi connectivity index (χ0n) is 13.3. The Balaban J connectivity index is 1.58. The van der Waals surface area contributed by atoms with Crippen molar-refractivity contribution >= 4 is 5.97 Å². The van der Waals surface area contributed by atoms with Gasteiger partial charge in [0, 0.05) is 25.7 Å². The van der Waals surface area contributed by atoms with Crippen LogP contribution in [-0.2, 0) is 9.53 Å². The van der Waals surface area contributed by atoms with E-state index >= 15 is 0 Å². The van der Waals surface area contributed by atoms with Crippen molar-refractivity contribution in [2.75, 3.05) is 32.8 Å². The number of hydrogen-bond donors (Lipinski definition) is 1. The zero-order chi connectivity index (χ0) is 15.2. The molecule has 0 atom stereocenters. The average Bonchev–Trinajstić information content (AvgIpc) is 2.46. The Morgan fingerprint density at radius 2 is 1.64 bits per heavy atom. The fourth-order valence-corrected chi connectivity index (χ4v) is 6.02. The quantitative estimate of drug-likeness (QED) is 0.811. The first-order valence-corrected chi connectivity index (χ1v) is 8.87. The summed E-state index contributed by atoms with van der Waals surface area (Å²) in [5.74, 6) is 1.80. The van der Waals surface area contributed by atoms with Gasteiger partial charge >= 0.3 is 5.97 Å². The van der Waals surface area contributed by atoms with E-state index in [-0.39, 0.29) is 5.41 Å². The molecule has 0 unspecified atom stereocenters. The topological polar surface area (TPSA) is 49.8 Å². The molecule has 1 N–H and O–H groups in total. The van der Waals surface area contributed by atoms with Gasteiger partial charge in [0.1, 0.15) is 0 Å². The van der Waals surface area contributed by atoms with Crippen LogP contribution in [0.25, 0.3) is 0 Å². The lowest BCUT2D eigenvalue weighted by molar-refractivity contribution is -0.131. The first-order chi connectivity index (χ1) is 10.6. The molecule has 1 saturated heterocycles. The number of nitrogens with zero attached hydrogens (tertiary/aromatic N) is 1. The van der Waals surface area contributed by atoms with Crippen molar-refractivity contribution in [3.8, 4) is 0 Å². The van der Waals surface area contributed by atoms with E-state index in [1.165, 1.54) is 44.1 Å². The van der Waals surface area contributed by atoms with Crippen molar-refractivity contribution in [2.45, 2.75) is 38.5 Å². The second-order valence-electron chi connectivity index (χ2n) is 8.09. The summed E-state index contributed by atoms with van der Waals surface area (Å²) >= 11 is 0. The van der Waals surface area contributed by atoms with E-state index in [0.717, 1.165) is 50.6 Å². The second kappa shape index (κ2) is 5.64. The average molecular weight is 305 g/mol. The molecule has 122 valence electrons. The summed E-state index contributed by atoms with van der Waals surface area (Å²) < 4.78 is 5.43. The van der Waals surface area contributed by atoms with Crippen molar-refractivity contribution in [3.63, 3.8) is 0 Å². The van der Waals surface area contributed by atoms with Gasteiger partial charge in [-0.15, -0.1) is 0 Å². The second-order valence-corrected chi connectivity index (χ2v) is 8.09. The van der Waals surface area contributed by atoms with Crippen LogP contribution in [0.5, 0.6) is 0 Å². The lowest BCUT2D eigenvalue weighted by atomic mass is 9.47. The molecule has 5 aliphatic rings. The summed E-state index contributed by atoms with van der Waals surface area (Å²) in [4.78, 5) is 13.8. The predicted molar refractivity (Wildman–Crippen MR) is 83.6 cm³/mol. The Morgan fingerprint density at radius 1 is 1.09 bits per heavy atom. The van der Waals surface area contributed by atoms with Gasteiger partial charge < -0.3 is 9.84 Å². The van der Waals surface area contributed by atoms with Crippen molar-refractivity contribution in [1.29, 1.82) is 0 Å². The van der Waals surface area contributed by atoms with Gasteiger partial charge in [0.25, 0.3) is 0 Å². The van der Waals surface area contributed by atoms with Crippen molar-refractivity contribution < 1.29 is 14.6 Å².